The fourth-order valence-electron chi connectivity index (χ4n) is 1.62. The average molecular weight is 303 g/mol. The summed E-state index contributed by atoms with van der Waals surface area (Å²) >= 11 is 0. The van der Waals surface area contributed by atoms with E-state index in [0.717, 1.165) is 0 Å². The van der Waals surface area contributed by atoms with Gasteiger partial charge >= 0.3 is 6.09 Å². The lowest BCUT2D eigenvalue weighted by atomic mass is 10.2. The predicted molar refractivity (Wildman–Crippen MR) is 75.0 cm³/mol. The molecule has 1 aromatic carbocycles. The molecule has 1 aliphatic heterocycles. The number of alkyl carbamates (subject to hydrolysis) is 1. The topological polar surface area (TPSA) is 110 Å². The van der Waals surface area contributed by atoms with Crippen LogP contribution in [0, 0.1) is 11.3 Å². The Bertz CT molecular complexity index is 663. The lowest BCUT2D eigenvalue weighted by Gasteiger charge is -2.05. The van der Waals surface area contributed by atoms with Crippen molar-refractivity contribution >= 4 is 17.7 Å². The Hall–Kier alpha value is -3.21. The molecule has 1 heterocycles. The molecule has 0 fully saturated rings. The first-order valence-electron chi connectivity index (χ1n) is 6.38. The molecule has 114 valence electrons. The van der Waals surface area contributed by atoms with Crippen molar-refractivity contribution in [1.29, 1.82) is 5.26 Å². The van der Waals surface area contributed by atoms with E-state index in [0.29, 0.717) is 17.2 Å². The molecule has 0 atom stereocenters. The summed E-state index contributed by atoms with van der Waals surface area (Å²) in [6.07, 6.45) is 0.281. The van der Waals surface area contributed by atoms with E-state index < -0.39 is 12.0 Å². The number of imide groups is 1. The number of anilines is 1. The third-order valence-corrected chi connectivity index (χ3v) is 2.61. The number of ether oxygens (including phenoxy) is 3. The number of hydrogen-bond donors (Lipinski definition) is 2. The molecule has 0 spiro atoms. The number of nitrogens with one attached hydrogen (secondary N) is 2. The van der Waals surface area contributed by atoms with Gasteiger partial charge in [-0.2, -0.15) is 5.26 Å². The smallest absolute Gasteiger partial charge is 0.414 e. The molecule has 8 heteroatoms. The van der Waals surface area contributed by atoms with E-state index in [2.05, 4.69) is 10.1 Å². The predicted octanol–water partition coefficient (Wildman–Crippen LogP) is 1.51. The van der Waals surface area contributed by atoms with E-state index >= 15 is 0 Å². The second kappa shape index (κ2) is 6.99. The molecule has 2 N–H and O–H groups in total. The molecule has 2 rings (SSSR count). The highest BCUT2D eigenvalue weighted by Gasteiger charge is 2.15. The fraction of sp³-hybridized carbons (Fsp3) is 0.214. The molecule has 0 saturated carbocycles. The van der Waals surface area contributed by atoms with E-state index in [1.807, 2.05) is 5.32 Å². The van der Waals surface area contributed by atoms with Gasteiger partial charge in [0.25, 0.3) is 5.91 Å². The van der Waals surface area contributed by atoms with Crippen molar-refractivity contribution in [2.75, 3.05) is 18.7 Å². The third kappa shape index (κ3) is 3.67. The summed E-state index contributed by atoms with van der Waals surface area (Å²) in [5.74, 6) is 0.331. The van der Waals surface area contributed by atoms with Crippen molar-refractivity contribution in [1.82, 2.24) is 5.32 Å². The zero-order valence-electron chi connectivity index (χ0n) is 11.7. The first kappa shape index (κ1) is 15.2. The van der Waals surface area contributed by atoms with Gasteiger partial charge in [0, 0.05) is 18.0 Å². The molecule has 0 saturated heterocycles. The molecule has 0 unspecified atom stereocenters. The molecule has 22 heavy (non-hydrogen) atoms. The van der Waals surface area contributed by atoms with Crippen LogP contribution in [0.3, 0.4) is 0 Å². The van der Waals surface area contributed by atoms with Gasteiger partial charge < -0.3 is 19.5 Å². The zero-order chi connectivity index (χ0) is 15.9. The maximum absolute atomic E-state index is 11.7. The van der Waals surface area contributed by atoms with Crippen molar-refractivity contribution in [3.05, 3.63) is 30.0 Å². The first-order valence-corrected chi connectivity index (χ1v) is 6.38. The number of amides is 2. The molecule has 8 nitrogen and oxygen atoms in total. The van der Waals surface area contributed by atoms with Crippen LogP contribution in [0.4, 0.5) is 10.5 Å². The standard InChI is InChI=1S/C14H13N3O5/c1-2-20-14(19)17-13(18)9(6-15)7-16-10-3-4-11-12(5-10)22-8-21-11/h3-5,7,16H,2,8H2,1H3,(H,17,18,19). The van der Waals surface area contributed by atoms with Crippen molar-refractivity contribution in [2.24, 2.45) is 0 Å². The largest absolute Gasteiger partial charge is 0.454 e. The zero-order valence-corrected chi connectivity index (χ0v) is 11.7. The Labute approximate surface area is 126 Å². The van der Waals surface area contributed by atoms with Gasteiger partial charge in [-0.1, -0.05) is 0 Å². The number of carbonyl (C=O) groups is 2. The minimum absolute atomic E-state index is 0.125. The molecule has 1 aromatic rings. The summed E-state index contributed by atoms with van der Waals surface area (Å²) in [5.41, 5.74) is 0.326. The second-order valence-corrected chi connectivity index (χ2v) is 4.06. The minimum atomic E-state index is -0.906. The van der Waals surface area contributed by atoms with Crippen LogP contribution in [0.5, 0.6) is 11.5 Å². The number of hydrogen-bond acceptors (Lipinski definition) is 7. The Balaban J connectivity index is 2.02. The molecule has 0 aliphatic carbocycles. The van der Waals surface area contributed by atoms with E-state index in [4.69, 9.17) is 14.7 Å². The summed E-state index contributed by atoms with van der Waals surface area (Å²) in [5, 5.41) is 13.7. The number of carbonyl (C=O) groups excluding carboxylic acids is 2. The normalized spacial score (nSPS) is 12.3. The van der Waals surface area contributed by atoms with Crippen molar-refractivity contribution in [2.45, 2.75) is 6.92 Å². The molecular weight excluding hydrogens is 290 g/mol. The van der Waals surface area contributed by atoms with Crippen LogP contribution in [0.25, 0.3) is 0 Å². The van der Waals surface area contributed by atoms with Crippen LogP contribution < -0.4 is 20.1 Å². The van der Waals surface area contributed by atoms with Crippen LogP contribution in [0.15, 0.2) is 30.0 Å². The highest BCUT2D eigenvalue weighted by Crippen LogP contribution is 2.34. The summed E-state index contributed by atoms with van der Waals surface area (Å²) in [6, 6.07) is 6.75. The maximum Gasteiger partial charge on any atom is 0.414 e. The second-order valence-electron chi connectivity index (χ2n) is 4.06. The van der Waals surface area contributed by atoms with E-state index in [1.165, 1.54) is 6.20 Å². The summed E-state index contributed by atoms with van der Waals surface area (Å²) < 4.78 is 14.9. The molecule has 2 amide bonds. The highest BCUT2D eigenvalue weighted by molar-refractivity contribution is 6.05. The Morgan fingerprint density at radius 3 is 2.91 bits per heavy atom. The Kier molecular flexibility index (Phi) is 4.82. The van der Waals surface area contributed by atoms with Crippen LogP contribution in [-0.2, 0) is 9.53 Å². The number of rotatable bonds is 4. The monoisotopic (exact) mass is 303 g/mol. The van der Waals surface area contributed by atoms with Gasteiger partial charge in [0.1, 0.15) is 11.6 Å². The van der Waals surface area contributed by atoms with Gasteiger partial charge in [0.15, 0.2) is 11.5 Å². The van der Waals surface area contributed by atoms with E-state index in [-0.39, 0.29) is 19.0 Å². The molecule has 1 aliphatic rings. The van der Waals surface area contributed by atoms with Crippen molar-refractivity contribution < 1.29 is 23.8 Å². The number of fused-ring (bicyclic) bond motifs is 1. The van der Waals surface area contributed by atoms with Gasteiger partial charge in [-0.15, -0.1) is 0 Å². The van der Waals surface area contributed by atoms with Gasteiger partial charge in [-0.3, -0.25) is 10.1 Å². The summed E-state index contributed by atoms with van der Waals surface area (Å²) in [4.78, 5) is 22.8. The van der Waals surface area contributed by atoms with Crippen LogP contribution in [0.2, 0.25) is 0 Å². The summed E-state index contributed by atoms with van der Waals surface area (Å²) in [6.45, 7) is 1.88. The minimum Gasteiger partial charge on any atom is -0.454 e. The quantitative estimate of drug-likeness (QED) is 0.640. The Morgan fingerprint density at radius 2 is 2.18 bits per heavy atom. The van der Waals surface area contributed by atoms with Gasteiger partial charge in [0.2, 0.25) is 6.79 Å². The third-order valence-electron chi connectivity index (χ3n) is 2.61. The van der Waals surface area contributed by atoms with Gasteiger partial charge in [-0.25, -0.2) is 4.79 Å². The summed E-state index contributed by atoms with van der Waals surface area (Å²) in [7, 11) is 0. The van der Waals surface area contributed by atoms with Crippen LogP contribution in [-0.4, -0.2) is 25.4 Å². The van der Waals surface area contributed by atoms with Gasteiger partial charge in [0.05, 0.1) is 6.61 Å². The average Bonchev–Trinajstić information content (AvgIpc) is 2.95. The van der Waals surface area contributed by atoms with E-state index in [9.17, 15) is 9.59 Å². The lowest BCUT2D eigenvalue weighted by molar-refractivity contribution is -0.116. The van der Waals surface area contributed by atoms with E-state index in [1.54, 1.807) is 31.2 Å². The van der Waals surface area contributed by atoms with Crippen LogP contribution in [0.1, 0.15) is 6.92 Å². The highest BCUT2D eigenvalue weighted by atomic mass is 16.7. The SMILES string of the molecule is CCOC(=O)NC(=O)C(C#N)=CNc1ccc2c(c1)OCO2. The van der Waals surface area contributed by atoms with Crippen molar-refractivity contribution in [3.63, 3.8) is 0 Å². The fourth-order valence-corrected chi connectivity index (χ4v) is 1.62. The first-order chi connectivity index (χ1) is 10.6. The molecule has 0 bridgehead atoms. The maximum atomic E-state index is 11.7. The Morgan fingerprint density at radius 1 is 1.41 bits per heavy atom. The lowest BCUT2D eigenvalue weighted by Crippen LogP contribution is -2.32. The van der Waals surface area contributed by atoms with Crippen LogP contribution >= 0.6 is 0 Å². The number of nitrogens with zero attached hydrogens (tertiary/aromatic N) is 1. The van der Waals surface area contributed by atoms with Crippen molar-refractivity contribution in [3.8, 4) is 17.6 Å². The molecule has 0 radical (unpaired) electrons. The number of nitriles is 1. The van der Waals surface area contributed by atoms with Gasteiger partial charge in [-0.05, 0) is 19.1 Å². The molecule has 0 aromatic heterocycles. The molecular formula is C14H13N3O5. The number of benzene rings is 1.